The van der Waals surface area contributed by atoms with Crippen molar-refractivity contribution in [1.82, 2.24) is 0 Å². The van der Waals surface area contributed by atoms with Crippen molar-refractivity contribution in [3.8, 4) is 5.75 Å². The Bertz CT molecular complexity index is 430. The molecule has 0 unspecified atom stereocenters. The number of benzene rings is 1. The molecule has 0 amide bonds. The van der Waals surface area contributed by atoms with Crippen molar-refractivity contribution in [2.75, 3.05) is 4.43 Å². The van der Waals surface area contributed by atoms with E-state index in [1.165, 1.54) is 31.2 Å². The molecule has 0 fully saturated rings. The zero-order valence-corrected chi connectivity index (χ0v) is 11.5. The third-order valence-corrected chi connectivity index (χ3v) is 2.08. The Morgan fingerprint density at radius 2 is 1.83 bits per heavy atom. The maximum Gasteiger partial charge on any atom is 0.313 e. The largest absolute Gasteiger partial charge is 0.481 e. The van der Waals surface area contributed by atoms with Gasteiger partial charge in [-0.1, -0.05) is 22.6 Å². The lowest BCUT2D eigenvalue weighted by Gasteiger charge is -1.98. The standard InChI is InChI=1S/C8H7NO4.C2H3IO2/c1-6(10)13-8-4-2-7(3-5-8)9(11)12;3-1-2(4)5/h2-5H,1H3;1H2,(H,4,5). The number of hydrogen-bond acceptors (Lipinski definition) is 5. The summed E-state index contributed by atoms with van der Waals surface area (Å²) >= 11 is 1.78. The van der Waals surface area contributed by atoms with Crippen molar-refractivity contribution in [2.45, 2.75) is 6.92 Å². The predicted molar refractivity (Wildman–Crippen MR) is 70.9 cm³/mol. The van der Waals surface area contributed by atoms with Gasteiger partial charge in [0.05, 0.1) is 9.35 Å². The van der Waals surface area contributed by atoms with Crippen LogP contribution in [0.5, 0.6) is 5.75 Å². The first-order chi connectivity index (χ1) is 8.36. The maximum absolute atomic E-state index is 10.5. The molecule has 1 N–H and O–H groups in total. The highest BCUT2D eigenvalue weighted by Gasteiger charge is 2.04. The second-order valence-electron chi connectivity index (χ2n) is 2.87. The highest BCUT2D eigenvalue weighted by Crippen LogP contribution is 2.17. The summed E-state index contributed by atoms with van der Waals surface area (Å²) in [6.07, 6.45) is 0. The molecule has 0 atom stereocenters. The van der Waals surface area contributed by atoms with E-state index in [1.54, 1.807) is 22.6 Å². The van der Waals surface area contributed by atoms with Gasteiger partial charge in [-0.25, -0.2) is 0 Å². The first kappa shape index (κ1) is 16.3. The summed E-state index contributed by atoms with van der Waals surface area (Å²) in [4.78, 5) is 29.6. The van der Waals surface area contributed by atoms with Gasteiger partial charge < -0.3 is 9.84 Å². The first-order valence-corrected chi connectivity index (χ1v) is 6.10. The fraction of sp³-hybridized carbons (Fsp3) is 0.200. The second-order valence-corrected chi connectivity index (χ2v) is 3.63. The molecule has 18 heavy (non-hydrogen) atoms. The van der Waals surface area contributed by atoms with E-state index in [1.807, 2.05) is 0 Å². The number of esters is 1. The Hall–Kier alpha value is -1.71. The number of nitro groups is 1. The van der Waals surface area contributed by atoms with Gasteiger partial charge in [0.25, 0.3) is 5.69 Å². The Labute approximate surface area is 116 Å². The summed E-state index contributed by atoms with van der Waals surface area (Å²) in [6.45, 7) is 1.27. The van der Waals surface area contributed by atoms with E-state index in [2.05, 4.69) is 4.74 Å². The van der Waals surface area contributed by atoms with Crippen molar-refractivity contribution >= 4 is 40.2 Å². The monoisotopic (exact) mass is 367 g/mol. The molecule has 0 radical (unpaired) electrons. The Kier molecular flexibility index (Phi) is 7.59. The van der Waals surface area contributed by atoms with Crippen LogP contribution in [0.2, 0.25) is 0 Å². The quantitative estimate of drug-likeness (QED) is 0.219. The van der Waals surface area contributed by atoms with Crippen LogP contribution < -0.4 is 4.74 Å². The second kappa shape index (κ2) is 8.39. The molecule has 0 heterocycles. The van der Waals surface area contributed by atoms with Crippen LogP contribution in [0, 0.1) is 10.1 Å². The summed E-state index contributed by atoms with van der Waals surface area (Å²) in [5, 5.41) is 17.9. The number of carbonyl (C=O) groups is 2. The molecular formula is C10H10INO6. The van der Waals surface area contributed by atoms with Crippen LogP contribution in [0.4, 0.5) is 5.69 Å². The van der Waals surface area contributed by atoms with Crippen molar-refractivity contribution < 1.29 is 24.4 Å². The van der Waals surface area contributed by atoms with Crippen LogP contribution in [0.3, 0.4) is 0 Å². The molecule has 1 aromatic carbocycles. The lowest BCUT2D eigenvalue weighted by atomic mass is 10.3. The van der Waals surface area contributed by atoms with E-state index >= 15 is 0 Å². The van der Waals surface area contributed by atoms with Crippen LogP contribution in [0.15, 0.2) is 24.3 Å². The molecule has 8 heteroatoms. The molecular weight excluding hydrogens is 357 g/mol. The molecule has 1 rings (SSSR count). The number of ether oxygens (including phenoxy) is 1. The van der Waals surface area contributed by atoms with E-state index in [0.717, 1.165) is 0 Å². The molecule has 0 spiro atoms. The average Bonchev–Trinajstić information content (AvgIpc) is 2.29. The Morgan fingerprint density at radius 1 is 1.39 bits per heavy atom. The summed E-state index contributed by atoms with van der Waals surface area (Å²) in [5.74, 6) is -0.905. The van der Waals surface area contributed by atoms with Gasteiger partial charge in [0.15, 0.2) is 0 Å². The number of nitro benzene ring substituents is 1. The smallest absolute Gasteiger partial charge is 0.313 e. The summed E-state index contributed by atoms with van der Waals surface area (Å²) < 4.78 is 4.88. The number of non-ortho nitro benzene ring substituents is 1. The molecule has 1 aromatic rings. The number of aliphatic carboxylic acids is 1. The zero-order valence-electron chi connectivity index (χ0n) is 9.33. The zero-order chi connectivity index (χ0) is 14.1. The molecule has 0 aliphatic heterocycles. The van der Waals surface area contributed by atoms with Gasteiger partial charge >= 0.3 is 11.9 Å². The van der Waals surface area contributed by atoms with E-state index < -0.39 is 16.9 Å². The average molecular weight is 367 g/mol. The van der Waals surface area contributed by atoms with Crippen LogP contribution >= 0.6 is 22.6 Å². The minimum Gasteiger partial charge on any atom is -0.481 e. The highest BCUT2D eigenvalue weighted by atomic mass is 127. The van der Waals surface area contributed by atoms with Gasteiger partial charge in [0, 0.05) is 19.1 Å². The normalized spacial score (nSPS) is 8.78. The minimum atomic E-state index is -0.759. The van der Waals surface area contributed by atoms with Crippen molar-refractivity contribution in [2.24, 2.45) is 0 Å². The number of alkyl halides is 1. The van der Waals surface area contributed by atoms with Gasteiger partial charge in [-0.05, 0) is 12.1 Å². The predicted octanol–water partition coefficient (Wildman–Crippen LogP) is 2.03. The summed E-state index contributed by atoms with van der Waals surface area (Å²) in [5.41, 5.74) is -0.0316. The molecule has 0 aromatic heterocycles. The van der Waals surface area contributed by atoms with Crippen LogP contribution in [0.25, 0.3) is 0 Å². The SMILES string of the molecule is CC(=O)Oc1ccc([N+](=O)[O-])cc1.O=C(O)CI. The van der Waals surface area contributed by atoms with Gasteiger partial charge in [-0.2, -0.15) is 0 Å². The van der Waals surface area contributed by atoms with Crippen LogP contribution in [0.1, 0.15) is 6.92 Å². The summed E-state index contributed by atoms with van der Waals surface area (Å²) in [7, 11) is 0. The number of hydrogen-bond donors (Lipinski definition) is 1. The first-order valence-electron chi connectivity index (χ1n) is 4.57. The lowest BCUT2D eigenvalue weighted by molar-refractivity contribution is -0.384. The third kappa shape index (κ3) is 7.54. The van der Waals surface area contributed by atoms with Gasteiger partial charge in [-0.15, -0.1) is 0 Å². The van der Waals surface area contributed by atoms with Crippen LogP contribution in [-0.4, -0.2) is 26.4 Å². The molecule has 7 nitrogen and oxygen atoms in total. The summed E-state index contributed by atoms with van der Waals surface area (Å²) in [6, 6.07) is 5.30. The molecule has 0 saturated carbocycles. The third-order valence-electron chi connectivity index (χ3n) is 1.42. The van der Waals surface area contributed by atoms with Crippen molar-refractivity contribution in [3.05, 3.63) is 34.4 Å². The van der Waals surface area contributed by atoms with Crippen molar-refractivity contribution in [1.29, 1.82) is 0 Å². The van der Waals surface area contributed by atoms with Gasteiger partial charge in [-0.3, -0.25) is 19.7 Å². The number of nitrogens with zero attached hydrogens (tertiary/aromatic N) is 1. The van der Waals surface area contributed by atoms with E-state index in [9.17, 15) is 19.7 Å². The molecule has 0 bridgehead atoms. The number of rotatable bonds is 3. The highest BCUT2D eigenvalue weighted by molar-refractivity contribution is 14.1. The van der Waals surface area contributed by atoms with Gasteiger partial charge in [0.1, 0.15) is 5.75 Å². The van der Waals surface area contributed by atoms with E-state index in [-0.39, 0.29) is 10.1 Å². The molecule has 0 aliphatic rings. The number of halogens is 1. The molecule has 0 saturated heterocycles. The maximum atomic E-state index is 10.5. The van der Waals surface area contributed by atoms with Crippen LogP contribution in [-0.2, 0) is 9.59 Å². The lowest BCUT2D eigenvalue weighted by Crippen LogP contribution is -2.01. The fourth-order valence-electron chi connectivity index (χ4n) is 0.802. The minimum absolute atomic E-state index is 0.0316. The fourth-order valence-corrected chi connectivity index (χ4v) is 0.802. The topological polar surface area (TPSA) is 107 Å². The van der Waals surface area contributed by atoms with Gasteiger partial charge in [0.2, 0.25) is 0 Å². The molecule has 98 valence electrons. The van der Waals surface area contributed by atoms with Crippen molar-refractivity contribution in [3.63, 3.8) is 0 Å². The number of carbonyl (C=O) groups excluding carboxylic acids is 1. The van der Waals surface area contributed by atoms with E-state index in [0.29, 0.717) is 5.75 Å². The Morgan fingerprint density at radius 3 is 2.11 bits per heavy atom. The number of carboxylic acid groups (broad SMARTS) is 1. The molecule has 0 aliphatic carbocycles. The number of carboxylic acids is 1. The Balaban J connectivity index is 0.000000494. The van der Waals surface area contributed by atoms with E-state index in [4.69, 9.17) is 5.11 Å².